The van der Waals surface area contributed by atoms with Gasteiger partial charge in [-0.3, -0.25) is 4.79 Å². The van der Waals surface area contributed by atoms with Crippen molar-refractivity contribution in [3.05, 3.63) is 34.3 Å². The first kappa shape index (κ1) is 12.2. The number of rotatable bonds is 3. The van der Waals surface area contributed by atoms with Crippen LogP contribution in [0.1, 0.15) is 24.2 Å². The van der Waals surface area contributed by atoms with Gasteiger partial charge in [0.15, 0.2) is 0 Å². The summed E-state index contributed by atoms with van der Waals surface area (Å²) >= 11 is 3.33. The molecule has 0 fully saturated rings. The van der Waals surface area contributed by atoms with Crippen LogP contribution in [0.5, 0.6) is 0 Å². The zero-order valence-corrected chi connectivity index (χ0v) is 10.5. The van der Waals surface area contributed by atoms with E-state index < -0.39 is 0 Å². The largest absolute Gasteiger partial charge is 0.346 e. The Morgan fingerprint density at radius 3 is 2.60 bits per heavy atom. The molecule has 3 nitrogen and oxygen atoms in total. The number of benzene rings is 1. The van der Waals surface area contributed by atoms with Crippen LogP contribution in [0, 0.1) is 0 Å². The monoisotopic (exact) mass is 270 g/mol. The number of carbonyl (C=O) groups excluding carboxylic acids is 1. The standard InChI is InChI=1S/C11H15BrN2O/c1-11(2,7-13)14-10(15)8-5-3-4-6-9(8)12/h3-6H,7,13H2,1-2H3,(H,14,15). The highest BCUT2D eigenvalue weighted by molar-refractivity contribution is 9.10. The lowest BCUT2D eigenvalue weighted by atomic mass is 10.1. The fourth-order valence-corrected chi connectivity index (χ4v) is 1.54. The van der Waals surface area contributed by atoms with Crippen LogP contribution in [0.2, 0.25) is 0 Å². The third kappa shape index (κ3) is 3.32. The van der Waals surface area contributed by atoms with Crippen molar-refractivity contribution in [3.63, 3.8) is 0 Å². The third-order valence-corrected chi connectivity index (χ3v) is 2.77. The zero-order valence-electron chi connectivity index (χ0n) is 8.88. The molecule has 1 aromatic rings. The van der Waals surface area contributed by atoms with Crippen molar-refractivity contribution < 1.29 is 4.79 Å². The summed E-state index contributed by atoms with van der Waals surface area (Å²) in [4.78, 5) is 11.8. The van der Waals surface area contributed by atoms with Gasteiger partial charge < -0.3 is 11.1 Å². The number of halogens is 1. The van der Waals surface area contributed by atoms with Crippen molar-refractivity contribution >= 4 is 21.8 Å². The van der Waals surface area contributed by atoms with E-state index in [-0.39, 0.29) is 11.4 Å². The number of hydrogen-bond acceptors (Lipinski definition) is 2. The maximum absolute atomic E-state index is 11.8. The molecule has 4 heteroatoms. The summed E-state index contributed by atoms with van der Waals surface area (Å²) in [7, 11) is 0. The highest BCUT2D eigenvalue weighted by Gasteiger charge is 2.20. The fourth-order valence-electron chi connectivity index (χ4n) is 1.07. The lowest BCUT2D eigenvalue weighted by Crippen LogP contribution is -2.48. The van der Waals surface area contributed by atoms with Gasteiger partial charge in [-0.25, -0.2) is 0 Å². The zero-order chi connectivity index (χ0) is 11.5. The Kier molecular flexibility index (Phi) is 3.88. The molecule has 1 amide bonds. The van der Waals surface area contributed by atoms with Crippen LogP contribution >= 0.6 is 15.9 Å². The number of nitrogens with two attached hydrogens (primary N) is 1. The lowest BCUT2D eigenvalue weighted by molar-refractivity contribution is 0.0915. The molecule has 0 saturated carbocycles. The van der Waals surface area contributed by atoms with Crippen molar-refractivity contribution in [2.45, 2.75) is 19.4 Å². The number of hydrogen-bond donors (Lipinski definition) is 2. The van der Waals surface area contributed by atoms with Crippen molar-refractivity contribution in [1.82, 2.24) is 5.32 Å². The van der Waals surface area contributed by atoms with Gasteiger partial charge in [0.25, 0.3) is 5.91 Å². The van der Waals surface area contributed by atoms with Gasteiger partial charge in [0, 0.05) is 16.6 Å². The Bertz CT molecular complexity index is 363. The van der Waals surface area contributed by atoms with E-state index in [0.29, 0.717) is 12.1 Å². The van der Waals surface area contributed by atoms with Gasteiger partial charge in [0.2, 0.25) is 0 Å². The molecule has 0 heterocycles. The van der Waals surface area contributed by atoms with Gasteiger partial charge in [0.1, 0.15) is 0 Å². The van der Waals surface area contributed by atoms with Crippen LogP contribution in [0.3, 0.4) is 0 Å². The second-order valence-electron chi connectivity index (χ2n) is 4.02. The highest BCUT2D eigenvalue weighted by atomic mass is 79.9. The third-order valence-electron chi connectivity index (χ3n) is 2.08. The van der Waals surface area contributed by atoms with Gasteiger partial charge in [0.05, 0.1) is 5.56 Å². The minimum atomic E-state index is -0.383. The summed E-state index contributed by atoms with van der Waals surface area (Å²) in [6.45, 7) is 4.19. The second-order valence-corrected chi connectivity index (χ2v) is 4.88. The van der Waals surface area contributed by atoms with Crippen LogP contribution in [0.15, 0.2) is 28.7 Å². The van der Waals surface area contributed by atoms with Gasteiger partial charge in [-0.2, -0.15) is 0 Å². The molecule has 0 aliphatic heterocycles. The molecule has 0 aliphatic rings. The SMILES string of the molecule is CC(C)(CN)NC(=O)c1ccccc1Br. The topological polar surface area (TPSA) is 55.1 Å². The van der Waals surface area contributed by atoms with E-state index in [1.807, 2.05) is 32.0 Å². The fraction of sp³-hybridized carbons (Fsp3) is 0.364. The van der Waals surface area contributed by atoms with Crippen LogP contribution in [-0.2, 0) is 0 Å². The van der Waals surface area contributed by atoms with E-state index in [9.17, 15) is 4.79 Å². The molecule has 0 bridgehead atoms. The Labute approximate surface area is 98.2 Å². The van der Waals surface area contributed by atoms with E-state index in [1.165, 1.54) is 0 Å². The predicted molar refractivity (Wildman–Crippen MR) is 64.7 cm³/mol. The molecule has 0 aromatic heterocycles. The highest BCUT2D eigenvalue weighted by Crippen LogP contribution is 2.16. The molecule has 0 atom stereocenters. The molecule has 0 aliphatic carbocycles. The summed E-state index contributed by atoms with van der Waals surface area (Å²) in [5, 5.41) is 2.87. The quantitative estimate of drug-likeness (QED) is 0.882. The van der Waals surface area contributed by atoms with Crippen LogP contribution < -0.4 is 11.1 Å². The van der Waals surface area contributed by atoms with Crippen LogP contribution in [0.25, 0.3) is 0 Å². The minimum Gasteiger partial charge on any atom is -0.346 e. The van der Waals surface area contributed by atoms with Crippen molar-refractivity contribution in [2.75, 3.05) is 6.54 Å². The summed E-state index contributed by atoms with van der Waals surface area (Å²) in [6.07, 6.45) is 0. The number of carbonyl (C=O) groups is 1. The molecular weight excluding hydrogens is 256 g/mol. The van der Waals surface area contributed by atoms with Crippen LogP contribution in [0.4, 0.5) is 0 Å². The maximum atomic E-state index is 11.8. The molecule has 82 valence electrons. The van der Waals surface area contributed by atoms with E-state index in [4.69, 9.17) is 5.73 Å². The Hall–Kier alpha value is -0.870. The molecule has 0 radical (unpaired) electrons. The predicted octanol–water partition coefficient (Wildman–Crippen LogP) is 1.92. The Morgan fingerprint density at radius 1 is 1.47 bits per heavy atom. The first-order valence-electron chi connectivity index (χ1n) is 4.73. The first-order valence-corrected chi connectivity index (χ1v) is 5.53. The van der Waals surface area contributed by atoms with E-state index >= 15 is 0 Å². The van der Waals surface area contributed by atoms with Gasteiger partial charge in [-0.15, -0.1) is 0 Å². The Balaban J connectivity index is 2.83. The average molecular weight is 271 g/mol. The normalized spacial score (nSPS) is 11.2. The van der Waals surface area contributed by atoms with Gasteiger partial charge in [-0.1, -0.05) is 12.1 Å². The summed E-state index contributed by atoms with van der Waals surface area (Å²) in [6, 6.07) is 7.31. The lowest BCUT2D eigenvalue weighted by Gasteiger charge is -2.24. The minimum absolute atomic E-state index is 0.113. The molecule has 15 heavy (non-hydrogen) atoms. The van der Waals surface area contributed by atoms with Crippen molar-refractivity contribution in [3.8, 4) is 0 Å². The molecule has 3 N–H and O–H groups in total. The van der Waals surface area contributed by atoms with Gasteiger partial charge in [-0.05, 0) is 41.9 Å². The van der Waals surface area contributed by atoms with E-state index in [2.05, 4.69) is 21.2 Å². The molecule has 0 spiro atoms. The average Bonchev–Trinajstić information content (AvgIpc) is 2.17. The number of amides is 1. The van der Waals surface area contributed by atoms with Crippen molar-refractivity contribution in [1.29, 1.82) is 0 Å². The summed E-state index contributed by atoms with van der Waals surface area (Å²) in [5.74, 6) is -0.113. The molecular formula is C11H15BrN2O. The van der Waals surface area contributed by atoms with E-state index in [1.54, 1.807) is 6.07 Å². The molecule has 1 rings (SSSR count). The molecule has 0 unspecified atom stereocenters. The second kappa shape index (κ2) is 4.77. The van der Waals surface area contributed by atoms with Crippen molar-refractivity contribution in [2.24, 2.45) is 5.73 Å². The van der Waals surface area contributed by atoms with E-state index in [0.717, 1.165) is 4.47 Å². The van der Waals surface area contributed by atoms with Crippen LogP contribution in [-0.4, -0.2) is 18.0 Å². The summed E-state index contributed by atoms with van der Waals surface area (Å²) in [5.41, 5.74) is 5.79. The Morgan fingerprint density at radius 2 is 2.07 bits per heavy atom. The molecule has 1 aromatic carbocycles. The maximum Gasteiger partial charge on any atom is 0.252 e. The number of nitrogens with one attached hydrogen (secondary N) is 1. The first-order chi connectivity index (χ1) is 6.96. The van der Waals surface area contributed by atoms with Gasteiger partial charge >= 0.3 is 0 Å². The molecule has 0 saturated heterocycles. The summed E-state index contributed by atoms with van der Waals surface area (Å²) < 4.78 is 0.787. The smallest absolute Gasteiger partial charge is 0.252 e.